The van der Waals surface area contributed by atoms with Crippen LogP contribution in [0, 0.1) is 19.8 Å². The average molecular weight is 202 g/mol. The van der Waals surface area contributed by atoms with E-state index < -0.39 is 0 Å². The highest BCUT2D eigenvalue weighted by Gasteiger charge is 2.03. The summed E-state index contributed by atoms with van der Waals surface area (Å²) in [5, 5.41) is 0. The van der Waals surface area contributed by atoms with Gasteiger partial charge in [0.25, 0.3) is 0 Å². The molecule has 1 rings (SSSR count). The van der Waals surface area contributed by atoms with Crippen LogP contribution < -0.4 is 0 Å². The van der Waals surface area contributed by atoms with Gasteiger partial charge in [0.1, 0.15) is 6.29 Å². The molecule has 0 aliphatic carbocycles. The molecule has 0 aromatic heterocycles. The van der Waals surface area contributed by atoms with E-state index in [9.17, 15) is 4.79 Å². The minimum atomic E-state index is 0.280. The highest BCUT2D eigenvalue weighted by Crippen LogP contribution is 2.18. The molecule has 0 aliphatic rings. The number of aldehydes is 1. The van der Waals surface area contributed by atoms with Crippen LogP contribution in [0.5, 0.6) is 0 Å². The van der Waals surface area contributed by atoms with Gasteiger partial charge in [-0.3, -0.25) is 4.79 Å². The summed E-state index contributed by atoms with van der Waals surface area (Å²) in [7, 11) is 0. The minimum absolute atomic E-state index is 0.280. The van der Waals surface area contributed by atoms with Crippen molar-refractivity contribution >= 4 is 12.4 Å². The van der Waals surface area contributed by atoms with Gasteiger partial charge in [0.2, 0.25) is 0 Å². The molecule has 0 saturated carbocycles. The molecule has 1 aromatic rings. The van der Waals surface area contributed by atoms with Gasteiger partial charge in [0, 0.05) is 0 Å². The van der Waals surface area contributed by atoms with E-state index >= 15 is 0 Å². The molecule has 0 fully saturated rings. The van der Waals surface area contributed by atoms with Gasteiger partial charge in [-0.05, 0) is 48.1 Å². The van der Waals surface area contributed by atoms with E-state index in [1.165, 1.54) is 11.1 Å². The molecule has 80 valence electrons. The first-order valence-corrected chi connectivity index (χ1v) is 5.29. The zero-order valence-corrected chi connectivity index (χ0v) is 9.87. The number of allylic oxidation sites excluding steroid dienone is 1. The molecule has 1 nitrogen and oxygen atoms in total. The second-order valence-electron chi connectivity index (χ2n) is 4.21. The van der Waals surface area contributed by atoms with E-state index in [4.69, 9.17) is 0 Å². The van der Waals surface area contributed by atoms with Gasteiger partial charge >= 0.3 is 0 Å². The number of rotatable bonds is 3. The van der Waals surface area contributed by atoms with Gasteiger partial charge in [-0.2, -0.15) is 0 Å². The molecule has 0 radical (unpaired) electrons. The van der Waals surface area contributed by atoms with Crippen LogP contribution in [0.25, 0.3) is 6.08 Å². The van der Waals surface area contributed by atoms with Crippen molar-refractivity contribution in [3.63, 3.8) is 0 Å². The van der Waals surface area contributed by atoms with E-state index in [0.29, 0.717) is 0 Å². The maximum Gasteiger partial charge on any atom is 0.146 e. The third kappa shape index (κ3) is 2.79. The summed E-state index contributed by atoms with van der Waals surface area (Å²) in [6, 6.07) is 6.16. The fraction of sp³-hybridized carbons (Fsp3) is 0.357. The Kier molecular flexibility index (Phi) is 3.84. The van der Waals surface area contributed by atoms with Crippen molar-refractivity contribution in [1.82, 2.24) is 0 Å². The smallest absolute Gasteiger partial charge is 0.146 e. The number of carbonyl (C=O) groups is 1. The van der Waals surface area contributed by atoms with E-state index in [1.54, 1.807) is 0 Å². The molecule has 0 amide bonds. The summed E-state index contributed by atoms with van der Waals surface area (Å²) in [4.78, 5) is 10.9. The Morgan fingerprint density at radius 2 is 1.93 bits per heavy atom. The van der Waals surface area contributed by atoms with Gasteiger partial charge in [0.15, 0.2) is 0 Å². The second-order valence-corrected chi connectivity index (χ2v) is 4.21. The summed E-state index contributed by atoms with van der Waals surface area (Å²) in [6.07, 6.45) is 2.94. The molecule has 0 heterocycles. The molecule has 0 N–H and O–H groups in total. The van der Waals surface area contributed by atoms with E-state index in [0.717, 1.165) is 17.4 Å². The number of benzene rings is 1. The highest BCUT2D eigenvalue weighted by atomic mass is 16.1. The molecular formula is C14H18O. The van der Waals surface area contributed by atoms with Crippen molar-refractivity contribution in [3.8, 4) is 0 Å². The van der Waals surface area contributed by atoms with Crippen LogP contribution in [0.4, 0.5) is 0 Å². The molecule has 15 heavy (non-hydrogen) atoms. The largest absolute Gasteiger partial charge is 0.298 e. The summed E-state index contributed by atoms with van der Waals surface area (Å²) >= 11 is 0. The predicted octanol–water partition coefficient (Wildman–Crippen LogP) is 3.54. The van der Waals surface area contributed by atoms with Crippen molar-refractivity contribution in [3.05, 3.63) is 40.5 Å². The Hall–Kier alpha value is -1.37. The van der Waals surface area contributed by atoms with Crippen LogP contribution >= 0.6 is 0 Å². The topological polar surface area (TPSA) is 17.1 Å². The SMILES string of the molecule is Cc1cccc(C=C(C=O)C(C)C)c1C. The maximum absolute atomic E-state index is 10.9. The third-order valence-electron chi connectivity index (χ3n) is 2.77. The van der Waals surface area contributed by atoms with Gasteiger partial charge in [-0.15, -0.1) is 0 Å². The summed E-state index contributed by atoms with van der Waals surface area (Å²) in [6.45, 7) is 8.24. The van der Waals surface area contributed by atoms with Crippen LogP contribution in [0.1, 0.15) is 30.5 Å². The van der Waals surface area contributed by atoms with Crippen molar-refractivity contribution in [2.75, 3.05) is 0 Å². The molecule has 0 spiro atoms. The van der Waals surface area contributed by atoms with Gasteiger partial charge in [-0.1, -0.05) is 32.0 Å². The van der Waals surface area contributed by atoms with Gasteiger partial charge in [-0.25, -0.2) is 0 Å². The van der Waals surface area contributed by atoms with Crippen molar-refractivity contribution in [2.45, 2.75) is 27.7 Å². The first kappa shape index (κ1) is 11.7. The number of aryl methyl sites for hydroxylation is 1. The fourth-order valence-electron chi connectivity index (χ4n) is 1.45. The quantitative estimate of drug-likeness (QED) is 0.541. The average Bonchev–Trinajstić information content (AvgIpc) is 2.19. The third-order valence-corrected chi connectivity index (χ3v) is 2.77. The molecule has 1 aromatic carbocycles. The zero-order chi connectivity index (χ0) is 11.4. The lowest BCUT2D eigenvalue weighted by atomic mass is 9.97. The lowest BCUT2D eigenvalue weighted by Crippen LogP contribution is -1.96. The van der Waals surface area contributed by atoms with Crippen molar-refractivity contribution in [2.24, 2.45) is 5.92 Å². The number of carbonyl (C=O) groups excluding carboxylic acids is 1. The highest BCUT2D eigenvalue weighted by molar-refractivity contribution is 5.82. The molecule has 0 bridgehead atoms. The summed E-state index contributed by atoms with van der Waals surface area (Å²) < 4.78 is 0. The van der Waals surface area contributed by atoms with E-state index in [-0.39, 0.29) is 5.92 Å². The van der Waals surface area contributed by atoms with Crippen LogP contribution in [-0.4, -0.2) is 6.29 Å². The zero-order valence-electron chi connectivity index (χ0n) is 9.87. The minimum Gasteiger partial charge on any atom is -0.298 e. The Morgan fingerprint density at radius 3 is 2.47 bits per heavy atom. The van der Waals surface area contributed by atoms with Crippen molar-refractivity contribution in [1.29, 1.82) is 0 Å². The Labute approximate surface area is 91.8 Å². The summed E-state index contributed by atoms with van der Waals surface area (Å²) in [5.74, 6) is 0.280. The molecule has 0 saturated heterocycles. The Morgan fingerprint density at radius 1 is 1.27 bits per heavy atom. The molecule has 0 atom stereocenters. The number of hydrogen-bond acceptors (Lipinski definition) is 1. The van der Waals surface area contributed by atoms with E-state index in [2.05, 4.69) is 19.9 Å². The number of hydrogen-bond donors (Lipinski definition) is 0. The van der Waals surface area contributed by atoms with Gasteiger partial charge in [0.05, 0.1) is 0 Å². The molecule has 1 heteroatoms. The van der Waals surface area contributed by atoms with E-state index in [1.807, 2.05) is 32.1 Å². The standard InChI is InChI=1S/C14H18O/c1-10(2)14(9-15)8-13-7-5-6-11(3)12(13)4/h5-10H,1-4H3. The normalized spacial score (nSPS) is 11.9. The monoisotopic (exact) mass is 202 g/mol. The lowest BCUT2D eigenvalue weighted by molar-refractivity contribution is -0.105. The fourth-order valence-corrected chi connectivity index (χ4v) is 1.45. The molecular weight excluding hydrogens is 184 g/mol. The first-order valence-electron chi connectivity index (χ1n) is 5.29. The predicted molar refractivity (Wildman–Crippen MR) is 64.8 cm³/mol. The van der Waals surface area contributed by atoms with Crippen molar-refractivity contribution < 1.29 is 4.79 Å². The van der Waals surface area contributed by atoms with Gasteiger partial charge < -0.3 is 0 Å². The van der Waals surface area contributed by atoms with Crippen LogP contribution in [-0.2, 0) is 4.79 Å². The molecule has 0 aliphatic heterocycles. The van der Waals surface area contributed by atoms with Crippen LogP contribution in [0.2, 0.25) is 0 Å². The Balaban J connectivity index is 3.17. The Bertz CT molecular complexity index is 386. The second kappa shape index (κ2) is 4.92. The van der Waals surface area contributed by atoms with Crippen LogP contribution in [0.15, 0.2) is 23.8 Å². The molecule has 0 unspecified atom stereocenters. The van der Waals surface area contributed by atoms with Crippen LogP contribution in [0.3, 0.4) is 0 Å². The summed E-state index contributed by atoms with van der Waals surface area (Å²) in [5.41, 5.74) is 4.50. The lowest BCUT2D eigenvalue weighted by Gasteiger charge is -2.07. The maximum atomic E-state index is 10.9. The first-order chi connectivity index (χ1) is 7.06.